The third-order valence-electron chi connectivity index (χ3n) is 3.73. The van der Waals surface area contributed by atoms with Gasteiger partial charge in [0.05, 0.1) is 18.4 Å². The van der Waals surface area contributed by atoms with E-state index in [0.717, 1.165) is 30.6 Å². The van der Waals surface area contributed by atoms with Crippen LogP contribution in [0.1, 0.15) is 17.7 Å². The fourth-order valence-corrected chi connectivity index (χ4v) is 2.85. The quantitative estimate of drug-likeness (QED) is 0.884. The predicted octanol–water partition coefficient (Wildman–Crippen LogP) is 1.20. The average Bonchev–Trinajstić information content (AvgIpc) is 2.86. The van der Waals surface area contributed by atoms with Crippen molar-refractivity contribution in [3.63, 3.8) is 0 Å². The Kier molecular flexibility index (Phi) is 6.10. The van der Waals surface area contributed by atoms with Gasteiger partial charge in [-0.25, -0.2) is 4.68 Å². The van der Waals surface area contributed by atoms with Crippen LogP contribution in [0.2, 0.25) is 0 Å². The second-order valence-corrected chi connectivity index (χ2v) is 5.14. The number of hydrogen-bond donors (Lipinski definition) is 1. The summed E-state index contributed by atoms with van der Waals surface area (Å²) >= 11 is 0. The Bertz CT molecular complexity index is 408. The number of ether oxygens (including phenoxy) is 1. The minimum atomic E-state index is 0. The van der Waals surface area contributed by atoms with E-state index in [1.165, 1.54) is 25.1 Å². The number of aromatic nitrogens is 2. The number of hydrogen-bond acceptors (Lipinski definition) is 4. The van der Waals surface area contributed by atoms with Crippen LogP contribution in [0.25, 0.3) is 0 Å². The molecule has 1 aliphatic heterocycles. The molecule has 1 saturated heterocycles. The maximum atomic E-state index is 5.44. The molecule has 1 aromatic heterocycles. The lowest BCUT2D eigenvalue weighted by Crippen LogP contribution is -2.24. The van der Waals surface area contributed by atoms with E-state index >= 15 is 0 Å². The maximum absolute atomic E-state index is 5.44. The number of aryl methyl sites for hydroxylation is 2. The SMILES string of the molecule is CNCC1CCN(Cc2c(C)nn(C)c2OC)C1.Cl. The summed E-state index contributed by atoms with van der Waals surface area (Å²) in [5.74, 6) is 1.67. The fourth-order valence-electron chi connectivity index (χ4n) is 2.85. The van der Waals surface area contributed by atoms with Gasteiger partial charge in [-0.3, -0.25) is 4.90 Å². The van der Waals surface area contributed by atoms with Gasteiger partial charge in [0.2, 0.25) is 5.88 Å². The summed E-state index contributed by atoms with van der Waals surface area (Å²) in [6, 6.07) is 0. The summed E-state index contributed by atoms with van der Waals surface area (Å²) in [5, 5.41) is 7.70. The Hall–Kier alpha value is -0.780. The van der Waals surface area contributed by atoms with Crippen molar-refractivity contribution in [3.8, 4) is 5.88 Å². The van der Waals surface area contributed by atoms with Crippen LogP contribution in [-0.4, -0.2) is 48.5 Å². The van der Waals surface area contributed by atoms with Crippen LogP contribution in [0, 0.1) is 12.8 Å². The normalized spacial score (nSPS) is 19.5. The first kappa shape index (κ1) is 16.3. The highest BCUT2D eigenvalue weighted by Gasteiger charge is 2.24. The minimum Gasteiger partial charge on any atom is -0.481 e. The van der Waals surface area contributed by atoms with Gasteiger partial charge in [-0.1, -0.05) is 0 Å². The molecule has 19 heavy (non-hydrogen) atoms. The number of nitrogens with one attached hydrogen (secondary N) is 1. The van der Waals surface area contributed by atoms with Crippen molar-refractivity contribution in [1.82, 2.24) is 20.0 Å². The Labute approximate surface area is 121 Å². The lowest BCUT2D eigenvalue weighted by atomic mass is 10.1. The van der Waals surface area contributed by atoms with Gasteiger partial charge in [-0.2, -0.15) is 5.10 Å². The second kappa shape index (κ2) is 7.12. The number of nitrogens with zero attached hydrogens (tertiary/aromatic N) is 3. The molecule has 1 unspecified atom stereocenters. The van der Waals surface area contributed by atoms with Crippen molar-refractivity contribution in [2.75, 3.05) is 33.8 Å². The van der Waals surface area contributed by atoms with Gasteiger partial charge in [0.15, 0.2) is 0 Å². The molecule has 5 nitrogen and oxygen atoms in total. The Balaban J connectivity index is 0.00000180. The zero-order valence-corrected chi connectivity index (χ0v) is 13.1. The second-order valence-electron chi connectivity index (χ2n) is 5.14. The molecule has 0 bridgehead atoms. The predicted molar refractivity (Wildman–Crippen MR) is 79.1 cm³/mol. The molecule has 1 atom stereocenters. The highest BCUT2D eigenvalue weighted by Crippen LogP contribution is 2.25. The molecular weight excluding hydrogens is 264 g/mol. The first-order chi connectivity index (χ1) is 8.65. The van der Waals surface area contributed by atoms with Gasteiger partial charge < -0.3 is 10.1 Å². The standard InChI is InChI=1S/C13H24N4O.ClH/c1-10-12(13(18-4)16(3)15-10)9-17-6-5-11(8-17)7-14-2;/h11,14H,5-9H2,1-4H3;1H. The van der Waals surface area contributed by atoms with Crippen LogP contribution in [0.15, 0.2) is 0 Å². The lowest BCUT2D eigenvalue weighted by molar-refractivity contribution is 0.303. The first-order valence-corrected chi connectivity index (χ1v) is 6.59. The van der Waals surface area contributed by atoms with Crippen molar-refractivity contribution in [2.45, 2.75) is 19.9 Å². The van der Waals surface area contributed by atoms with E-state index in [0.29, 0.717) is 0 Å². The molecule has 0 radical (unpaired) electrons. The third kappa shape index (κ3) is 3.61. The molecular formula is C13H25ClN4O. The van der Waals surface area contributed by atoms with Crippen LogP contribution >= 0.6 is 12.4 Å². The van der Waals surface area contributed by atoms with Crippen LogP contribution in [0.4, 0.5) is 0 Å². The molecule has 1 N–H and O–H groups in total. The van der Waals surface area contributed by atoms with Gasteiger partial charge >= 0.3 is 0 Å². The molecule has 110 valence electrons. The van der Waals surface area contributed by atoms with Gasteiger partial charge in [0.1, 0.15) is 0 Å². The number of halogens is 1. The summed E-state index contributed by atoms with van der Waals surface area (Å²) in [6.45, 7) is 6.45. The highest BCUT2D eigenvalue weighted by molar-refractivity contribution is 5.85. The first-order valence-electron chi connectivity index (χ1n) is 6.59. The van der Waals surface area contributed by atoms with E-state index in [-0.39, 0.29) is 12.4 Å². The number of methoxy groups -OCH3 is 1. The Morgan fingerprint density at radius 2 is 2.21 bits per heavy atom. The maximum Gasteiger partial charge on any atom is 0.216 e. The zero-order chi connectivity index (χ0) is 13.1. The van der Waals surface area contributed by atoms with Gasteiger partial charge in [0, 0.05) is 20.1 Å². The fraction of sp³-hybridized carbons (Fsp3) is 0.769. The topological polar surface area (TPSA) is 42.3 Å². The van der Waals surface area contributed by atoms with Crippen molar-refractivity contribution < 1.29 is 4.74 Å². The largest absolute Gasteiger partial charge is 0.481 e. The number of rotatable bonds is 5. The Morgan fingerprint density at radius 1 is 1.47 bits per heavy atom. The molecule has 6 heteroatoms. The zero-order valence-electron chi connectivity index (χ0n) is 12.3. The molecule has 2 heterocycles. The molecule has 2 rings (SSSR count). The molecule has 0 spiro atoms. The summed E-state index contributed by atoms with van der Waals surface area (Å²) in [7, 11) is 5.67. The van der Waals surface area contributed by atoms with Crippen molar-refractivity contribution in [1.29, 1.82) is 0 Å². The molecule has 1 fully saturated rings. The van der Waals surface area contributed by atoms with Crippen molar-refractivity contribution in [3.05, 3.63) is 11.3 Å². The van der Waals surface area contributed by atoms with Crippen molar-refractivity contribution >= 4 is 12.4 Å². The molecule has 0 aliphatic carbocycles. The molecule has 0 aromatic carbocycles. The van der Waals surface area contributed by atoms with E-state index in [1.54, 1.807) is 7.11 Å². The summed E-state index contributed by atoms with van der Waals surface area (Å²) in [4.78, 5) is 2.49. The summed E-state index contributed by atoms with van der Waals surface area (Å²) in [5.41, 5.74) is 2.30. The highest BCUT2D eigenvalue weighted by atomic mass is 35.5. The van der Waals surface area contributed by atoms with E-state index in [9.17, 15) is 0 Å². The summed E-state index contributed by atoms with van der Waals surface area (Å²) < 4.78 is 7.27. The van der Waals surface area contributed by atoms with Crippen LogP contribution in [0.5, 0.6) is 5.88 Å². The van der Waals surface area contributed by atoms with E-state index < -0.39 is 0 Å². The third-order valence-corrected chi connectivity index (χ3v) is 3.73. The molecule has 1 aliphatic rings. The van der Waals surface area contributed by atoms with Gasteiger partial charge in [-0.15, -0.1) is 12.4 Å². The van der Waals surface area contributed by atoms with E-state index in [1.807, 2.05) is 18.8 Å². The van der Waals surface area contributed by atoms with E-state index in [2.05, 4.69) is 22.2 Å². The molecule has 0 amide bonds. The lowest BCUT2D eigenvalue weighted by Gasteiger charge is -2.16. The van der Waals surface area contributed by atoms with Crippen molar-refractivity contribution in [2.24, 2.45) is 13.0 Å². The van der Waals surface area contributed by atoms with Crippen LogP contribution in [-0.2, 0) is 13.6 Å². The smallest absolute Gasteiger partial charge is 0.216 e. The molecule has 1 aromatic rings. The summed E-state index contributed by atoms with van der Waals surface area (Å²) in [6.07, 6.45) is 1.28. The molecule has 0 saturated carbocycles. The van der Waals surface area contributed by atoms with Gasteiger partial charge in [-0.05, 0) is 39.4 Å². The Morgan fingerprint density at radius 3 is 2.84 bits per heavy atom. The average molecular weight is 289 g/mol. The van der Waals surface area contributed by atoms with Crippen LogP contribution in [0.3, 0.4) is 0 Å². The van der Waals surface area contributed by atoms with E-state index in [4.69, 9.17) is 4.74 Å². The monoisotopic (exact) mass is 288 g/mol. The van der Waals surface area contributed by atoms with Crippen LogP contribution < -0.4 is 10.1 Å². The minimum absolute atomic E-state index is 0. The van der Waals surface area contributed by atoms with Gasteiger partial charge in [0.25, 0.3) is 0 Å². The number of likely N-dealkylation sites (tertiary alicyclic amines) is 1.